The van der Waals surface area contributed by atoms with Crippen LogP contribution in [0.3, 0.4) is 0 Å². The summed E-state index contributed by atoms with van der Waals surface area (Å²) in [7, 11) is 2.01. The molecule has 0 atom stereocenters. The molecule has 0 radical (unpaired) electrons. The molecule has 18 heavy (non-hydrogen) atoms. The monoisotopic (exact) mass is 240 g/mol. The van der Waals surface area contributed by atoms with E-state index in [2.05, 4.69) is 33.9 Å². The summed E-state index contributed by atoms with van der Waals surface area (Å²) >= 11 is 0. The van der Waals surface area contributed by atoms with Crippen molar-refractivity contribution in [2.45, 2.75) is 13.1 Å². The van der Waals surface area contributed by atoms with Gasteiger partial charge in [-0.25, -0.2) is 4.98 Å². The van der Waals surface area contributed by atoms with Gasteiger partial charge < -0.3 is 14.9 Å². The largest absolute Gasteiger partial charge is 0.340 e. The summed E-state index contributed by atoms with van der Waals surface area (Å²) in [6.07, 6.45) is 5.91. The summed E-state index contributed by atoms with van der Waals surface area (Å²) in [4.78, 5) is 4.36. The smallest absolute Gasteiger partial charge is 0.128 e. The number of aryl methyl sites for hydroxylation is 1. The maximum absolute atomic E-state index is 5.80. The van der Waals surface area contributed by atoms with Crippen molar-refractivity contribution in [1.29, 1.82) is 0 Å². The van der Waals surface area contributed by atoms with Crippen LogP contribution in [0.5, 0.6) is 0 Å². The van der Waals surface area contributed by atoms with Gasteiger partial charge in [-0.15, -0.1) is 0 Å². The molecule has 0 bridgehead atoms. The molecule has 0 saturated heterocycles. The first kappa shape index (κ1) is 11.0. The average molecular weight is 240 g/mol. The Labute approximate surface area is 106 Å². The Morgan fingerprint density at radius 3 is 2.83 bits per heavy atom. The van der Waals surface area contributed by atoms with E-state index in [0.29, 0.717) is 6.54 Å². The molecule has 2 N–H and O–H groups in total. The van der Waals surface area contributed by atoms with Crippen molar-refractivity contribution >= 4 is 10.9 Å². The van der Waals surface area contributed by atoms with Crippen LogP contribution in [0.25, 0.3) is 10.9 Å². The fraction of sp³-hybridized carbons (Fsp3) is 0.214. The lowest BCUT2D eigenvalue weighted by Gasteiger charge is -2.05. The second-order valence-corrected chi connectivity index (χ2v) is 4.46. The second kappa shape index (κ2) is 4.31. The Bertz CT molecular complexity index is 678. The van der Waals surface area contributed by atoms with E-state index >= 15 is 0 Å². The number of nitrogens with two attached hydrogens (primary N) is 1. The summed E-state index contributed by atoms with van der Waals surface area (Å²) in [5.74, 6) is 1.04. The SMILES string of the molecule is Cn1ccnc1Cn1cc(CN)c2ccccc21. The van der Waals surface area contributed by atoms with Gasteiger partial charge in [0.05, 0.1) is 6.54 Å². The van der Waals surface area contributed by atoms with Gasteiger partial charge in [-0.05, 0) is 11.6 Å². The molecule has 0 spiro atoms. The van der Waals surface area contributed by atoms with Crippen LogP contribution < -0.4 is 5.73 Å². The van der Waals surface area contributed by atoms with Gasteiger partial charge in [0, 0.05) is 43.1 Å². The van der Waals surface area contributed by atoms with Gasteiger partial charge in [0.2, 0.25) is 0 Å². The Balaban J connectivity index is 2.09. The van der Waals surface area contributed by atoms with Gasteiger partial charge >= 0.3 is 0 Å². The fourth-order valence-corrected chi connectivity index (χ4v) is 2.32. The predicted molar refractivity (Wildman–Crippen MR) is 72.1 cm³/mol. The van der Waals surface area contributed by atoms with Crippen molar-refractivity contribution in [1.82, 2.24) is 14.1 Å². The third-order valence-corrected chi connectivity index (χ3v) is 3.32. The van der Waals surface area contributed by atoms with Crippen molar-refractivity contribution in [2.24, 2.45) is 12.8 Å². The predicted octanol–water partition coefficient (Wildman–Crippen LogP) is 1.88. The molecule has 0 aliphatic heterocycles. The Kier molecular flexibility index (Phi) is 2.64. The molecule has 1 aromatic carbocycles. The number of rotatable bonds is 3. The molecule has 3 aromatic rings. The summed E-state index contributed by atoms with van der Waals surface area (Å²) in [5, 5.41) is 1.23. The number of para-hydroxylation sites is 1. The molecule has 0 fully saturated rings. The number of hydrogen-bond acceptors (Lipinski definition) is 2. The molecule has 0 unspecified atom stereocenters. The number of imidazole rings is 1. The molecule has 2 aromatic heterocycles. The minimum atomic E-state index is 0.564. The molecule has 0 aliphatic rings. The molecule has 2 heterocycles. The van der Waals surface area contributed by atoms with Crippen LogP contribution in [-0.4, -0.2) is 14.1 Å². The number of benzene rings is 1. The normalized spacial score (nSPS) is 11.2. The van der Waals surface area contributed by atoms with Crippen LogP contribution in [0.15, 0.2) is 42.9 Å². The van der Waals surface area contributed by atoms with E-state index in [-0.39, 0.29) is 0 Å². The average Bonchev–Trinajstić information content (AvgIpc) is 2.95. The lowest BCUT2D eigenvalue weighted by molar-refractivity contribution is 0.716. The minimum absolute atomic E-state index is 0.564. The Hall–Kier alpha value is -2.07. The highest BCUT2D eigenvalue weighted by Crippen LogP contribution is 2.21. The zero-order valence-corrected chi connectivity index (χ0v) is 10.4. The van der Waals surface area contributed by atoms with Gasteiger partial charge in [-0.1, -0.05) is 18.2 Å². The highest BCUT2D eigenvalue weighted by Gasteiger charge is 2.08. The lowest BCUT2D eigenvalue weighted by atomic mass is 10.2. The van der Waals surface area contributed by atoms with E-state index in [9.17, 15) is 0 Å². The van der Waals surface area contributed by atoms with Crippen molar-refractivity contribution in [3.8, 4) is 0 Å². The van der Waals surface area contributed by atoms with Crippen LogP contribution in [-0.2, 0) is 20.1 Å². The highest BCUT2D eigenvalue weighted by atomic mass is 15.1. The maximum Gasteiger partial charge on any atom is 0.128 e. The van der Waals surface area contributed by atoms with Crippen molar-refractivity contribution in [3.05, 3.63) is 54.2 Å². The van der Waals surface area contributed by atoms with Crippen LogP contribution in [0.2, 0.25) is 0 Å². The van der Waals surface area contributed by atoms with Gasteiger partial charge in [-0.3, -0.25) is 0 Å². The van der Waals surface area contributed by atoms with E-state index in [1.165, 1.54) is 16.5 Å². The third-order valence-electron chi connectivity index (χ3n) is 3.32. The molecule has 0 amide bonds. The van der Waals surface area contributed by atoms with Gasteiger partial charge in [-0.2, -0.15) is 0 Å². The van der Waals surface area contributed by atoms with Crippen LogP contribution in [0.1, 0.15) is 11.4 Å². The zero-order chi connectivity index (χ0) is 12.5. The second-order valence-electron chi connectivity index (χ2n) is 4.46. The van der Waals surface area contributed by atoms with Crippen molar-refractivity contribution < 1.29 is 0 Å². The Morgan fingerprint density at radius 1 is 1.28 bits per heavy atom. The molecule has 4 heteroatoms. The molecule has 0 saturated carbocycles. The van der Waals surface area contributed by atoms with E-state index < -0.39 is 0 Å². The number of aromatic nitrogens is 3. The van der Waals surface area contributed by atoms with E-state index in [0.717, 1.165) is 12.4 Å². The first-order valence-electron chi connectivity index (χ1n) is 6.02. The number of hydrogen-bond donors (Lipinski definition) is 1. The topological polar surface area (TPSA) is 48.8 Å². The third kappa shape index (κ3) is 1.71. The lowest BCUT2D eigenvalue weighted by Crippen LogP contribution is -2.04. The van der Waals surface area contributed by atoms with E-state index in [1.54, 1.807) is 0 Å². The maximum atomic E-state index is 5.80. The summed E-state index contributed by atoms with van der Waals surface area (Å²) in [6, 6.07) is 8.34. The fourth-order valence-electron chi connectivity index (χ4n) is 2.32. The molecular formula is C14H16N4. The first-order valence-corrected chi connectivity index (χ1v) is 6.02. The molecule has 3 rings (SSSR count). The van der Waals surface area contributed by atoms with Crippen molar-refractivity contribution in [3.63, 3.8) is 0 Å². The van der Waals surface area contributed by atoms with Crippen molar-refractivity contribution in [2.75, 3.05) is 0 Å². The van der Waals surface area contributed by atoms with Gasteiger partial charge in [0.25, 0.3) is 0 Å². The number of nitrogens with zero attached hydrogens (tertiary/aromatic N) is 3. The molecular weight excluding hydrogens is 224 g/mol. The van der Waals surface area contributed by atoms with Gasteiger partial charge in [0.15, 0.2) is 0 Å². The number of fused-ring (bicyclic) bond motifs is 1. The quantitative estimate of drug-likeness (QED) is 0.760. The molecule has 92 valence electrons. The van der Waals surface area contributed by atoms with Crippen LogP contribution in [0.4, 0.5) is 0 Å². The first-order chi connectivity index (χ1) is 8.79. The Morgan fingerprint density at radius 2 is 2.11 bits per heavy atom. The molecule has 4 nitrogen and oxygen atoms in total. The minimum Gasteiger partial charge on any atom is -0.340 e. The summed E-state index contributed by atoms with van der Waals surface area (Å²) in [6.45, 7) is 1.33. The molecule has 0 aliphatic carbocycles. The summed E-state index contributed by atoms with van der Waals surface area (Å²) < 4.78 is 4.25. The standard InChI is InChI=1S/C14H16N4/c1-17-7-6-16-14(17)10-18-9-11(8-15)12-4-2-3-5-13(12)18/h2-7,9H,8,10,15H2,1H3. The van der Waals surface area contributed by atoms with E-state index in [1.807, 2.05) is 30.1 Å². The van der Waals surface area contributed by atoms with E-state index in [4.69, 9.17) is 5.73 Å². The highest BCUT2D eigenvalue weighted by molar-refractivity contribution is 5.84. The van der Waals surface area contributed by atoms with Gasteiger partial charge in [0.1, 0.15) is 5.82 Å². The summed E-state index contributed by atoms with van der Waals surface area (Å²) in [5.41, 5.74) is 8.19. The van der Waals surface area contributed by atoms with Crippen LogP contribution in [0, 0.1) is 0 Å². The zero-order valence-electron chi connectivity index (χ0n) is 10.4. The van der Waals surface area contributed by atoms with Crippen LogP contribution >= 0.6 is 0 Å².